The fraction of sp³-hybridized carbons (Fsp3) is 0.0556. The van der Waals surface area contributed by atoms with Gasteiger partial charge in [-0.15, -0.1) is 0 Å². The number of rotatable bonds is 2. The van der Waals surface area contributed by atoms with Crippen LogP contribution >= 0.6 is 15.9 Å². The lowest BCUT2D eigenvalue weighted by molar-refractivity contribution is -0.134. The third-order valence-corrected chi connectivity index (χ3v) is 3.10. The van der Waals surface area contributed by atoms with E-state index in [1.54, 1.807) is 6.08 Å². The van der Waals surface area contributed by atoms with E-state index in [0.717, 1.165) is 15.6 Å². The molecule has 2 aromatic rings. The minimum Gasteiger partial charge on any atom is -0.425 e. The number of ether oxygens (including phenoxy) is 1. The highest BCUT2D eigenvalue weighted by Gasteiger charge is 2.04. The molecule has 0 aliphatic carbocycles. The Kier molecular flexibility index (Phi) is 5.36. The van der Waals surface area contributed by atoms with Crippen molar-refractivity contribution in [3.8, 4) is 11.8 Å². The van der Waals surface area contributed by atoms with Crippen LogP contribution in [-0.4, -0.2) is 5.97 Å². The van der Waals surface area contributed by atoms with E-state index in [0.29, 0.717) is 5.76 Å². The third-order valence-electron chi connectivity index (χ3n) is 2.58. The Bertz CT molecular complexity index is 704. The molecular formula is C18H13BrO2. The molecule has 0 unspecified atom stereocenters. The molecule has 0 saturated carbocycles. The Labute approximate surface area is 132 Å². The van der Waals surface area contributed by atoms with E-state index in [1.165, 1.54) is 6.92 Å². The van der Waals surface area contributed by atoms with E-state index in [-0.39, 0.29) is 5.97 Å². The fourth-order valence-electron chi connectivity index (χ4n) is 1.65. The van der Waals surface area contributed by atoms with Crippen molar-refractivity contribution in [2.75, 3.05) is 0 Å². The SMILES string of the molecule is CC(=O)O/C(=C\C#Cc1ccc(Br)cc1)c1ccccc1. The van der Waals surface area contributed by atoms with Gasteiger partial charge in [-0.3, -0.25) is 4.79 Å². The number of carbonyl (C=O) groups is 1. The minimum atomic E-state index is -0.365. The van der Waals surface area contributed by atoms with Crippen LogP contribution < -0.4 is 0 Å². The Morgan fingerprint density at radius 1 is 1.10 bits per heavy atom. The second-order valence-electron chi connectivity index (χ2n) is 4.24. The summed E-state index contributed by atoms with van der Waals surface area (Å²) in [5.41, 5.74) is 1.71. The van der Waals surface area contributed by atoms with Crippen LogP contribution in [0.1, 0.15) is 18.1 Å². The van der Waals surface area contributed by atoms with Crippen molar-refractivity contribution in [1.82, 2.24) is 0 Å². The predicted molar refractivity (Wildman–Crippen MR) is 87.2 cm³/mol. The van der Waals surface area contributed by atoms with Crippen LogP contribution in [-0.2, 0) is 9.53 Å². The Morgan fingerprint density at radius 3 is 2.38 bits per heavy atom. The quantitative estimate of drug-likeness (QED) is 0.460. The molecule has 0 N–H and O–H groups in total. The van der Waals surface area contributed by atoms with Crippen molar-refractivity contribution >= 4 is 27.7 Å². The van der Waals surface area contributed by atoms with Gasteiger partial charge in [-0.2, -0.15) is 0 Å². The molecule has 0 aromatic heterocycles. The van der Waals surface area contributed by atoms with Crippen molar-refractivity contribution in [3.05, 3.63) is 76.3 Å². The molecule has 0 aliphatic rings. The molecule has 21 heavy (non-hydrogen) atoms. The molecule has 0 amide bonds. The molecule has 0 fully saturated rings. The minimum absolute atomic E-state index is 0.365. The van der Waals surface area contributed by atoms with Crippen LogP contribution in [0.2, 0.25) is 0 Å². The van der Waals surface area contributed by atoms with Gasteiger partial charge < -0.3 is 4.74 Å². The van der Waals surface area contributed by atoms with Gasteiger partial charge in [0, 0.05) is 28.6 Å². The van der Waals surface area contributed by atoms with Gasteiger partial charge in [0.15, 0.2) is 0 Å². The highest BCUT2D eigenvalue weighted by molar-refractivity contribution is 9.10. The first-order valence-electron chi connectivity index (χ1n) is 6.36. The Balaban J connectivity index is 2.25. The topological polar surface area (TPSA) is 26.3 Å². The summed E-state index contributed by atoms with van der Waals surface area (Å²) in [6.07, 6.45) is 1.61. The molecule has 2 nitrogen and oxygen atoms in total. The summed E-state index contributed by atoms with van der Waals surface area (Å²) in [5.74, 6) is 6.01. The predicted octanol–water partition coefficient (Wildman–Crippen LogP) is 4.40. The first-order chi connectivity index (χ1) is 10.1. The highest BCUT2D eigenvalue weighted by Crippen LogP contribution is 2.15. The van der Waals surface area contributed by atoms with E-state index in [1.807, 2.05) is 54.6 Å². The molecule has 0 atom stereocenters. The lowest BCUT2D eigenvalue weighted by atomic mass is 10.1. The van der Waals surface area contributed by atoms with Crippen molar-refractivity contribution in [1.29, 1.82) is 0 Å². The van der Waals surface area contributed by atoms with E-state index in [4.69, 9.17) is 4.74 Å². The Hall–Kier alpha value is -2.31. The lowest BCUT2D eigenvalue weighted by Gasteiger charge is -2.05. The molecule has 2 rings (SSSR count). The van der Waals surface area contributed by atoms with Gasteiger partial charge in [0.1, 0.15) is 5.76 Å². The maximum Gasteiger partial charge on any atom is 0.308 e. The molecule has 104 valence electrons. The van der Waals surface area contributed by atoms with E-state index in [9.17, 15) is 4.79 Å². The summed E-state index contributed by atoms with van der Waals surface area (Å²) >= 11 is 3.38. The van der Waals surface area contributed by atoms with Gasteiger partial charge in [-0.05, 0) is 24.3 Å². The number of hydrogen-bond donors (Lipinski definition) is 0. The summed E-state index contributed by atoms with van der Waals surface area (Å²) in [4.78, 5) is 11.2. The van der Waals surface area contributed by atoms with Gasteiger partial charge in [0.05, 0.1) is 0 Å². The number of halogens is 1. The molecule has 0 aliphatic heterocycles. The van der Waals surface area contributed by atoms with Gasteiger partial charge in [-0.1, -0.05) is 58.1 Å². The van der Waals surface area contributed by atoms with Crippen LogP contribution in [0.25, 0.3) is 5.76 Å². The average Bonchev–Trinajstić information content (AvgIpc) is 2.49. The van der Waals surface area contributed by atoms with Crippen LogP contribution in [0, 0.1) is 11.8 Å². The first-order valence-corrected chi connectivity index (χ1v) is 7.15. The number of hydrogen-bond acceptors (Lipinski definition) is 2. The van der Waals surface area contributed by atoms with Gasteiger partial charge in [0.25, 0.3) is 0 Å². The van der Waals surface area contributed by atoms with Crippen LogP contribution in [0.3, 0.4) is 0 Å². The smallest absolute Gasteiger partial charge is 0.308 e. The summed E-state index contributed by atoms with van der Waals surface area (Å²) in [6.45, 7) is 1.37. The maximum atomic E-state index is 11.2. The normalized spacial score (nSPS) is 10.5. The molecule has 0 bridgehead atoms. The zero-order valence-electron chi connectivity index (χ0n) is 11.5. The Morgan fingerprint density at radius 2 is 1.76 bits per heavy atom. The van der Waals surface area contributed by atoms with Crippen molar-refractivity contribution in [3.63, 3.8) is 0 Å². The van der Waals surface area contributed by atoms with Crippen molar-refractivity contribution in [2.45, 2.75) is 6.92 Å². The molecule has 0 heterocycles. The first kappa shape index (κ1) is 15.1. The number of carbonyl (C=O) groups excluding carboxylic acids is 1. The molecule has 0 saturated heterocycles. The van der Waals surface area contributed by atoms with Gasteiger partial charge >= 0.3 is 5.97 Å². The van der Waals surface area contributed by atoms with Crippen LogP contribution in [0.4, 0.5) is 0 Å². The zero-order valence-corrected chi connectivity index (χ0v) is 13.1. The second-order valence-corrected chi connectivity index (χ2v) is 5.16. The summed E-state index contributed by atoms with van der Waals surface area (Å²) in [6, 6.07) is 17.1. The van der Waals surface area contributed by atoms with Gasteiger partial charge in [-0.25, -0.2) is 0 Å². The van der Waals surface area contributed by atoms with Gasteiger partial charge in [0.2, 0.25) is 0 Å². The van der Waals surface area contributed by atoms with E-state index < -0.39 is 0 Å². The number of esters is 1. The molecule has 0 spiro atoms. The lowest BCUT2D eigenvalue weighted by Crippen LogP contribution is -1.98. The summed E-state index contributed by atoms with van der Waals surface area (Å²) in [7, 11) is 0. The van der Waals surface area contributed by atoms with Crippen molar-refractivity contribution in [2.24, 2.45) is 0 Å². The molecule has 3 heteroatoms. The monoisotopic (exact) mass is 340 g/mol. The largest absolute Gasteiger partial charge is 0.425 e. The zero-order chi connectivity index (χ0) is 15.1. The van der Waals surface area contributed by atoms with Crippen molar-refractivity contribution < 1.29 is 9.53 Å². The average molecular weight is 341 g/mol. The van der Waals surface area contributed by atoms with Crippen LogP contribution in [0.5, 0.6) is 0 Å². The molecular weight excluding hydrogens is 328 g/mol. The molecule has 2 aromatic carbocycles. The summed E-state index contributed by atoms with van der Waals surface area (Å²) < 4.78 is 6.21. The standard InChI is InChI=1S/C18H13BrO2/c1-14(20)21-18(16-7-3-2-4-8-16)9-5-6-15-10-12-17(19)13-11-15/h2-4,7-13H,1H3/b18-9-. The maximum absolute atomic E-state index is 11.2. The van der Waals surface area contributed by atoms with E-state index in [2.05, 4.69) is 27.8 Å². The third kappa shape index (κ3) is 4.94. The van der Waals surface area contributed by atoms with Crippen LogP contribution in [0.15, 0.2) is 65.1 Å². The number of allylic oxidation sites excluding steroid dienone is 1. The fourth-order valence-corrected chi connectivity index (χ4v) is 1.91. The highest BCUT2D eigenvalue weighted by atomic mass is 79.9. The van der Waals surface area contributed by atoms with E-state index >= 15 is 0 Å². The second kappa shape index (κ2) is 7.47. The summed E-state index contributed by atoms with van der Waals surface area (Å²) in [5, 5.41) is 0. The number of benzene rings is 2. The molecule has 0 radical (unpaired) electrons.